The molecule has 72 valence electrons. The fourth-order valence-corrected chi connectivity index (χ4v) is 1.55. The third-order valence-corrected chi connectivity index (χ3v) is 2.67. The van der Waals surface area contributed by atoms with Crippen LogP contribution in [0.1, 0.15) is 24.0 Å². The number of hydrogen-bond acceptors (Lipinski definition) is 1. The van der Waals surface area contributed by atoms with E-state index in [-0.39, 0.29) is 6.61 Å². The van der Waals surface area contributed by atoms with Crippen molar-refractivity contribution in [2.24, 2.45) is 0 Å². The van der Waals surface area contributed by atoms with Crippen LogP contribution in [0.4, 0.5) is 0 Å². The summed E-state index contributed by atoms with van der Waals surface area (Å²) >= 11 is 6.11. The summed E-state index contributed by atoms with van der Waals surface area (Å²) in [5.41, 5.74) is 2.32. The maximum absolute atomic E-state index is 8.64. The first-order chi connectivity index (χ1) is 6.25. The van der Waals surface area contributed by atoms with E-state index in [1.807, 2.05) is 25.1 Å². The Morgan fingerprint density at radius 2 is 2.08 bits per heavy atom. The van der Waals surface area contributed by atoms with Crippen molar-refractivity contribution in [2.45, 2.75) is 26.2 Å². The molecule has 0 aliphatic heterocycles. The van der Waals surface area contributed by atoms with Crippen LogP contribution >= 0.6 is 11.6 Å². The summed E-state index contributed by atoms with van der Waals surface area (Å²) in [7, 11) is 0. The highest BCUT2D eigenvalue weighted by atomic mass is 35.5. The van der Waals surface area contributed by atoms with Crippen molar-refractivity contribution in [3.05, 3.63) is 34.3 Å². The molecule has 0 aliphatic carbocycles. The molecule has 1 N–H and O–H groups in total. The zero-order valence-electron chi connectivity index (χ0n) is 7.89. The van der Waals surface area contributed by atoms with E-state index in [0.717, 1.165) is 29.8 Å². The predicted molar refractivity (Wildman–Crippen MR) is 56.2 cm³/mol. The molecule has 0 amide bonds. The van der Waals surface area contributed by atoms with Gasteiger partial charge >= 0.3 is 0 Å². The van der Waals surface area contributed by atoms with E-state index >= 15 is 0 Å². The number of benzene rings is 1. The van der Waals surface area contributed by atoms with E-state index in [9.17, 15) is 0 Å². The van der Waals surface area contributed by atoms with E-state index in [1.165, 1.54) is 5.56 Å². The van der Waals surface area contributed by atoms with Crippen LogP contribution < -0.4 is 0 Å². The summed E-state index contributed by atoms with van der Waals surface area (Å²) < 4.78 is 0. The summed E-state index contributed by atoms with van der Waals surface area (Å²) in [4.78, 5) is 0. The van der Waals surface area contributed by atoms with Gasteiger partial charge in [-0.25, -0.2) is 0 Å². The summed E-state index contributed by atoms with van der Waals surface area (Å²) in [5, 5.41) is 9.51. The van der Waals surface area contributed by atoms with Gasteiger partial charge in [0, 0.05) is 11.6 Å². The number of rotatable bonds is 4. The maximum Gasteiger partial charge on any atom is 0.0467 e. The Labute approximate surface area is 84.4 Å². The molecule has 0 heterocycles. The second kappa shape index (κ2) is 5.25. The molecule has 0 aliphatic rings. The third kappa shape index (κ3) is 3.02. The average molecular weight is 199 g/mol. The Morgan fingerprint density at radius 3 is 2.77 bits per heavy atom. The highest BCUT2D eigenvalue weighted by Gasteiger charge is 2.01. The normalized spacial score (nSPS) is 10.4. The van der Waals surface area contributed by atoms with Gasteiger partial charge in [-0.3, -0.25) is 0 Å². The van der Waals surface area contributed by atoms with Gasteiger partial charge in [0.2, 0.25) is 0 Å². The van der Waals surface area contributed by atoms with E-state index < -0.39 is 0 Å². The number of aryl methyl sites for hydroxylation is 2. The van der Waals surface area contributed by atoms with Gasteiger partial charge in [0.1, 0.15) is 0 Å². The lowest BCUT2D eigenvalue weighted by Crippen LogP contribution is -1.91. The van der Waals surface area contributed by atoms with Gasteiger partial charge in [-0.1, -0.05) is 29.8 Å². The third-order valence-electron chi connectivity index (χ3n) is 2.13. The Morgan fingerprint density at radius 1 is 1.31 bits per heavy atom. The largest absolute Gasteiger partial charge is 0.396 e. The minimum absolute atomic E-state index is 0.267. The fourth-order valence-electron chi connectivity index (χ4n) is 1.33. The van der Waals surface area contributed by atoms with Crippen molar-refractivity contribution >= 4 is 11.6 Å². The fraction of sp³-hybridized carbons (Fsp3) is 0.455. The van der Waals surface area contributed by atoms with Crippen molar-refractivity contribution in [3.63, 3.8) is 0 Å². The lowest BCUT2D eigenvalue weighted by atomic mass is 10.1. The van der Waals surface area contributed by atoms with Gasteiger partial charge in [0.15, 0.2) is 0 Å². The Kier molecular flexibility index (Phi) is 4.26. The minimum Gasteiger partial charge on any atom is -0.396 e. The van der Waals surface area contributed by atoms with Gasteiger partial charge < -0.3 is 5.11 Å². The molecule has 0 spiro atoms. The first kappa shape index (κ1) is 10.6. The highest BCUT2D eigenvalue weighted by molar-refractivity contribution is 6.32. The standard InChI is InChI=1S/C11H15ClO/c1-9-5-4-7-10(11(9)12)6-2-3-8-13/h4-5,7,13H,2-3,6,8H2,1H3. The van der Waals surface area contributed by atoms with Crippen molar-refractivity contribution in [3.8, 4) is 0 Å². The van der Waals surface area contributed by atoms with Crippen LogP contribution in [0.25, 0.3) is 0 Å². The number of unbranched alkanes of at least 4 members (excludes halogenated alkanes) is 1. The lowest BCUT2D eigenvalue weighted by Gasteiger charge is -2.05. The van der Waals surface area contributed by atoms with Crippen molar-refractivity contribution < 1.29 is 5.11 Å². The van der Waals surface area contributed by atoms with Crippen molar-refractivity contribution in [1.82, 2.24) is 0 Å². The van der Waals surface area contributed by atoms with E-state index in [0.29, 0.717) is 0 Å². The number of hydrogen-bond donors (Lipinski definition) is 1. The molecule has 0 aromatic heterocycles. The molecule has 0 saturated carbocycles. The molecule has 1 aromatic rings. The molecule has 2 heteroatoms. The molecule has 0 bridgehead atoms. The van der Waals surface area contributed by atoms with Crippen LogP contribution in [0.15, 0.2) is 18.2 Å². The Balaban J connectivity index is 2.61. The van der Waals surface area contributed by atoms with E-state index in [2.05, 4.69) is 0 Å². The molecule has 0 atom stereocenters. The number of aliphatic hydroxyl groups excluding tert-OH is 1. The average Bonchev–Trinajstić information content (AvgIpc) is 2.13. The van der Waals surface area contributed by atoms with Crippen LogP contribution in [0.5, 0.6) is 0 Å². The first-order valence-corrected chi connectivity index (χ1v) is 4.98. The molecule has 0 unspecified atom stereocenters. The molecular weight excluding hydrogens is 184 g/mol. The molecule has 1 rings (SSSR count). The predicted octanol–water partition coefficient (Wildman–Crippen LogP) is 2.96. The van der Waals surface area contributed by atoms with E-state index in [4.69, 9.17) is 16.7 Å². The lowest BCUT2D eigenvalue weighted by molar-refractivity contribution is 0.284. The van der Waals surface area contributed by atoms with Crippen LogP contribution in [0.3, 0.4) is 0 Å². The zero-order valence-corrected chi connectivity index (χ0v) is 8.64. The SMILES string of the molecule is Cc1cccc(CCCCO)c1Cl. The monoisotopic (exact) mass is 198 g/mol. The molecule has 0 saturated heterocycles. The molecule has 1 nitrogen and oxygen atoms in total. The smallest absolute Gasteiger partial charge is 0.0467 e. The van der Waals surface area contributed by atoms with Gasteiger partial charge in [0.25, 0.3) is 0 Å². The van der Waals surface area contributed by atoms with E-state index in [1.54, 1.807) is 0 Å². The van der Waals surface area contributed by atoms with Gasteiger partial charge in [-0.2, -0.15) is 0 Å². The van der Waals surface area contributed by atoms with Gasteiger partial charge in [0.05, 0.1) is 0 Å². The quantitative estimate of drug-likeness (QED) is 0.738. The Bertz CT molecular complexity index is 271. The number of aliphatic hydroxyl groups is 1. The molecular formula is C11H15ClO. The van der Waals surface area contributed by atoms with Crippen LogP contribution in [-0.2, 0) is 6.42 Å². The summed E-state index contributed by atoms with van der Waals surface area (Å²) in [6.07, 6.45) is 2.81. The number of halogens is 1. The topological polar surface area (TPSA) is 20.2 Å². The Hall–Kier alpha value is -0.530. The van der Waals surface area contributed by atoms with Crippen molar-refractivity contribution in [2.75, 3.05) is 6.61 Å². The van der Waals surface area contributed by atoms with Gasteiger partial charge in [-0.05, 0) is 37.3 Å². The first-order valence-electron chi connectivity index (χ1n) is 4.60. The summed E-state index contributed by atoms with van der Waals surface area (Å²) in [6.45, 7) is 2.28. The highest BCUT2D eigenvalue weighted by Crippen LogP contribution is 2.21. The summed E-state index contributed by atoms with van der Waals surface area (Å²) in [5.74, 6) is 0. The van der Waals surface area contributed by atoms with Crippen molar-refractivity contribution in [1.29, 1.82) is 0 Å². The zero-order chi connectivity index (χ0) is 9.68. The second-order valence-electron chi connectivity index (χ2n) is 3.23. The van der Waals surface area contributed by atoms with Crippen LogP contribution in [-0.4, -0.2) is 11.7 Å². The van der Waals surface area contributed by atoms with Crippen LogP contribution in [0, 0.1) is 6.92 Å². The van der Waals surface area contributed by atoms with Crippen LogP contribution in [0.2, 0.25) is 5.02 Å². The molecule has 0 fully saturated rings. The minimum atomic E-state index is 0.267. The molecule has 1 aromatic carbocycles. The molecule has 0 radical (unpaired) electrons. The summed E-state index contributed by atoms with van der Waals surface area (Å²) in [6, 6.07) is 6.08. The molecule has 13 heavy (non-hydrogen) atoms. The van der Waals surface area contributed by atoms with Gasteiger partial charge in [-0.15, -0.1) is 0 Å². The second-order valence-corrected chi connectivity index (χ2v) is 3.61. The maximum atomic E-state index is 8.64.